The molecule has 1 heterocycles. The number of hydrogen-bond acceptors (Lipinski definition) is 1. The molecule has 0 aliphatic heterocycles. The van der Waals surface area contributed by atoms with E-state index in [1.54, 1.807) is 0 Å². The Balaban J connectivity index is 2.82. The van der Waals surface area contributed by atoms with Crippen molar-refractivity contribution in [2.45, 2.75) is 12.6 Å². The molecule has 0 saturated carbocycles. The lowest BCUT2D eigenvalue weighted by molar-refractivity contribution is 0.0494. The first-order chi connectivity index (χ1) is 5.61. The number of pyridine rings is 1. The summed E-state index contributed by atoms with van der Waals surface area (Å²) in [5.41, 5.74) is -0.158. The molecule has 0 N–H and O–H groups in total. The zero-order chi connectivity index (χ0) is 9.14. The molecule has 0 spiro atoms. The third-order valence-corrected chi connectivity index (χ3v) is 1.51. The second kappa shape index (κ2) is 3.76. The molecule has 0 saturated heterocycles. The minimum Gasteiger partial charge on any atom is -0.244 e. The second-order valence-electron chi connectivity index (χ2n) is 2.15. The Bertz CT molecular complexity index is 249. The highest BCUT2D eigenvalue weighted by atomic mass is 35.5. The van der Waals surface area contributed by atoms with Crippen LogP contribution in [0.1, 0.15) is 11.7 Å². The Morgan fingerprint density at radius 3 is 2.33 bits per heavy atom. The number of aromatic nitrogens is 1. The number of alkyl halides is 3. The van der Waals surface area contributed by atoms with Gasteiger partial charge in [0.05, 0.1) is 0 Å². The van der Waals surface area contributed by atoms with E-state index in [0.717, 1.165) is 6.20 Å². The smallest absolute Gasteiger partial charge is 0.244 e. The standard InChI is InChI=1S/C7H5ClF3N/c8-5-2-1-4(3-12-5)6(9)7(10)11/h1-3,6-7H. The first-order valence-electron chi connectivity index (χ1n) is 3.15. The zero-order valence-electron chi connectivity index (χ0n) is 5.85. The number of nitrogens with zero attached hydrogens (tertiary/aromatic N) is 1. The van der Waals surface area contributed by atoms with Gasteiger partial charge in [-0.1, -0.05) is 17.7 Å². The third kappa shape index (κ3) is 2.11. The van der Waals surface area contributed by atoms with Gasteiger partial charge in [0, 0.05) is 11.8 Å². The molecule has 1 aromatic rings. The fraction of sp³-hybridized carbons (Fsp3) is 0.286. The summed E-state index contributed by atoms with van der Waals surface area (Å²) in [4.78, 5) is 3.47. The summed E-state index contributed by atoms with van der Waals surface area (Å²) in [5.74, 6) is 0. The van der Waals surface area contributed by atoms with Crippen molar-refractivity contribution in [3.63, 3.8) is 0 Å². The molecule has 1 nitrogen and oxygen atoms in total. The van der Waals surface area contributed by atoms with Gasteiger partial charge in [0.2, 0.25) is 0 Å². The topological polar surface area (TPSA) is 12.9 Å². The maximum Gasteiger partial charge on any atom is 0.273 e. The number of halogens is 4. The Morgan fingerprint density at radius 2 is 1.92 bits per heavy atom. The molecule has 1 unspecified atom stereocenters. The predicted octanol–water partition coefficient (Wildman–Crippen LogP) is 3.01. The molecular formula is C7H5ClF3N. The van der Waals surface area contributed by atoms with Gasteiger partial charge < -0.3 is 0 Å². The summed E-state index contributed by atoms with van der Waals surface area (Å²) in [7, 11) is 0. The van der Waals surface area contributed by atoms with Crippen LogP contribution in [-0.4, -0.2) is 11.4 Å². The Kier molecular flexibility index (Phi) is 2.92. The summed E-state index contributed by atoms with van der Waals surface area (Å²) < 4.78 is 36.1. The van der Waals surface area contributed by atoms with Crippen molar-refractivity contribution in [3.05, 3.63) is 29.0 Å². The normalized spacial score (nSPS) is 13.4. The molecular weight excluding hydrogens is 191 g/mol. The van der Waals surface area contributed by atoms with Crippen LogP contribution in [0.25, 0.3) is 0 Å². The zero-order valence-corrected chi connectivity index (χ0v) is 6.60. The van der Waals surface area contributed by atoms with E-state index in [0.29, 0.717) is 0 Å². The van der Waals surface area contributed by atoms with E-state index in [-0.39, 0.29) is 10.7 Å². The second-order valence-corrected chi connectivity index (χ2v) is 2.54. The van der Waals surface area contributed by atoms with Gasteiger partial charge in [-0.25, -0.2) is 18.2 Å². The van der Waals surface area contributed by atoms with Gasteiger partial charge in [0.15, 0.2) is 6.17 Å². The third-order valence-electron chi connectivity index (χ3n) is 1.29. The minimum absolute atomic E-state index is 0.153. The average Bonchev–Trinajstić information content (AvgIpc) is 2.04. The highest BCUT2D eigenvalue weighted by molar-refractivity contribution is 6.29. The van der Waals surface area contributed by atoms with Crippen LogP contribution in [-0.2, 0) is 0 Å². The number of hydrogen-bond donors (Lipinski definition) is 0. The summed E-state index contributed by atoms with van der Waals surface area (Å²) in [6, 6.07) is 2.46. The van der Waals surface area contributed by atoms with Gasteiger partial charge in [0.25, 0.3) is 6.43 Å². The van der Waals surface area contributed by atoms with Crippen molar-refractivity contribution >= 4 is 11.6 Å². The van der Waals surface area contributed by atoms with Gasteiger partial charge in [-0.3, -0.25) is 0 Å². The molecule has 0 aliphatic rings. The van der Waals surface area contributed by atoms with Crippen LogP contribution in [0.3, 0.4) is 0 Å². The van der Waals surface area contributed by atoms with Gasteiger partial charge in [0.1, 0.15) is 5.15 Å². The highest BCUT2D eigenvalue weighted by Gasteiger charge is 2.21. The van der Waals surface area contributed by atoms with Crippen molar-refractivity contribution in [1.82, 2.24) is 4.98 Å². The summed E-state index contributed by atoms with van der Waals surface area (Å²) in [6.07, 6.45) is -4.30. The van der Waals surface area contributed by atoms with E-state index >= 15 is 0 Å². The van der Waals surface area contributed by atoms with Crippen LogP contribution in [0.2, 0.25) is 5.15 Å². The van der Waals surface area contributed by atoms with Crippen LogP contribution in [0.4, 0.5) is 13.2 Å². The van der Waals surface area contributed by atoms with E-state index in [1.165, 1.54) is 12.1 Å². The first-order valence-corrected chi connectivity index (χ1v) is 3.52. The Morgan fingerprint density at radius 1 is 1.25 bits per heavy atom. The maximum absolute atomic E-state index is 12.6. The van der Waals surface area contributed by atoms with Gasteiger partial charge in [-0.15, -0.1) is 0 Å². The van der Waals surface area contributed by atoms with Crippen molar-refractivity contribution in [2.75, 3.05) is 0 Å². The Hall–Kier alpha value is -0.770. The Labute approximate surface area is 72.2 Å². The summed E-state index contributed by atoms with van der Waals surface area (Å²) >= 11 is 5.37. The summed E-state index contributed by atoms with van der Waals surface area (Å²) in [5, 5.41) is 0.153. The van der Waals surface area contributed by atoms with Gasteiger partial charge >= 0.3 is 0 Å². The fourth-order valence-corrected chi connectivity index (χ4v) is 0.808. The lowest BCUT2D eigenvalue weighted by atomic mass is 10.2. The molecule has 0 fully saturated rings. The molecule has 0 aliphatic carbocycles. The molecule has 0 bridgehead atoms. The molecule has 0 aromatic carbocycles. The SMILES string of the molecule is FC(F)C(F)c1ccc(Cl)nc1. The molecule has 5 heteroatoms. The van der Waals surface area contributed by atoms with E-state index in [4.69, 9.17) is 11.6 Å². The van der Waals surface area contributed by atoms with Crippen molar-refractivity contribution in [3.8, 4) is 0 Å². The summed E-state index contributed by atoms with van der Waals surface area (Å²) in [6.45, 7) is 0. The van der Waals surface area contributed by atoms with E-state index in [9.17, 15) is 13.2 Å². The van der Waals surface area contributed by atoms with Crippen LogP contribution in [0.5, 0.6) is 0 Å². The van der Waals surface area contributed by atoms with Crippen molar-refractivity contribution in [2.24, 2.45) is 0 Å². The minimum atomic E-state index is -3.02. The van der Waals surface area contributed by atoms with Gasteiger partial charge in [-0.05, 0) is 6.07 Å². The molecule has 1 aromatic heterocycles. The van der Waals surface area contributed by atoms with Crippen LogP contribution < -0.4 is 0 Å². The monoisotopic (exact) mass is 195 g/mol. The predicted molar refractivity (Wildman–Crippen MR) is 39.1 cm³/mol. The molecule has 1 atom stereocenters. The molecule has 0 radical (unpaired) electrons. The molecule has 1 rings (SSSR count). The van der Waals surface area contributed by atoms with Crippen LogP contribution in [0, 0.1) is 0 Å². The van der Waals surface area contributed by atoms with E-state index in [1.807, 2.05) is 0 Å². The van der Waals surface area contributed by atoms with Crippen molar-refractivity contribution in [1.29, 1.82) is 0 Å². The van der Waals surface area contributed by atoms with Gasteiger partial charge in [-0.2, -0.15) is 0 Å². The van der Waals surface area contributed by atoms with E-state index < -0.39 is 12.6 Å². The molecule has 12 heavy (non-hydrogen) atoms. The quantitative estimate of drug-likeness (QED) is 0.661. The van der Waals surface area contributed by atoms with Crippen LogP contribution >= 0.6 is 11.6 Å². The molecule has 0 amide bonds. The largest absolute Gasteiger partial charge is 0.273 e. The van der Waals surface area contributed by atoms with Crippen LogP contribution in [0.15, 0.2) is 18.3 Å². The number of rotatable bonds is 2. The van der Waals surface area contributed by atoms with E-state index in [2.05, 4.69) is 4.98 Å². The first kappa shape index (κ1) is 9.32. The average molecular weight is 196 g/mol. The highest BCUT2D eigenvalue weighted by Crippen LogP contribution is 2.24. The lowest BCUT2D eigenvalue weighted by Gasteiger charge is -2.05. The fourth-order valence-electron chi connectivity index (χ4n) is 0.696. The lowest BCUT2D eigenvalue weighted by Crippen LogP contribution is -2.03. The molecule has 66 valence electrons. The maximum atomic E-state index is 12.6. The van der Waals surface area contributed by atoms with Crippen molar-refractivity contribution < 1.29 is 13.2 Å².